The molecule has 2 saturated carbocycles. The van der Waals surface area contributed by atoms with Gasteiger partial charge in [0.15, 0.2) is 5.79 Å². The number of ether oxygens (including phenoxy) is 2. The molecule has 5 rings (SSSR count). The van der Waals surface area contributed by atoms with Crippen LogP contribution in [0, 0.1) is 45.3 Å². The summed E-state index contributed by atoms with van der Waals surface area (Å²) in [7, 11) is 0. The molecule has 1 heterocycles. The number of nitriles is 1. The van der Waals surface area contributed by atoms with Crippen molar-refractivity contribution in [2.24, 2.45) is 34.0 Å². The summed E-state index contributed by atoms with van der Waals surface area (Å²) in [6, 6.07) is 2.43. The van der Waals surface area contributed by atoms with E-state index in [2.05, 4.69) is 39.8 Å². The van der Waals surface area contributed by atoms with E-state index in [0.29, 0.717) is 35.5 Å². The molecule has 3 unspecified atom stereocenters. The van der Waals surface area contributed by atoms with Gasteiger partial charge in [0.25, 0.3) is 0 Å². The first kappa shape index (κ1) is 22.5. The molecular weight excluding hydrogens is 398 g/mol. The van der Waals surface area contributed by atoms with E-state index >= 15 is 0 Å². The van der Waals surface area contributed by atoms with Gasteiger partial charge in [0.05, 0.1) is 24.9 Å². The van der Waals surface area contributed by atoms with Crippen molar-refractivity contribution in [1.29, 1.82) is 5.26 Å². The zero-order valence-corrected chi connectivity index (χ0v) is 20.5. The first-order valence-corrected chi connectivity index (χ1v) is 13.1. The molecule has 4 heteroatoms. The minimum Gasteiger partial charge on any atom is -0.510 e. The second-order valence-electron chi connectivity index (χ2n) is 11.8. The molecule has 1 N–H and O–H groups in total. The van der Waals surface area contributed by atoms with Crippen LogP contribution in [0.1, 0.15) is 91.9 Å². The van der Waals surface area contributed by atoms with E-state index in [1.54, 1.807) is 0 Å². The Balaban J connectivity index is 1.58. The number of nitrogens with zero attached hydrogens (tertiary/aromatic N) is 1. The van der Waals surface area contributed by atoms with Crippen LogP contribution in [0.15, 0.2) is 23.0 Å². The van der Waals surface area contributed by atoms with Gasteiger partial charge >= 0.3 is 0 Å². The summed E-state index contributed by atoms with van der Waals surface area (Å²) < 4.78 is 12.6. The Morgan fingerprint density at radius 1 is 1.06 bits per heavy atom. The monoisotopic (exact) mass is 439 g/mol. The van der Waals surface area contributed by atoms with Crippen LogP contribution in [0.2, 0.25) is 0 Å². The number of aliphatic hydroxyl groups excluding tert-OH is 1. The van der Waals surface area contributed by atoms with Gasteiger partial charge in [0, 0.05) is 17.3 Å². The second kappa shape index (κ2) is 7.60. The van der Waals surface area contributed by atoms with Gasteiger partial charge in [0.1, 0.15) is 5.76 Å². The molecule has 0 aromatic carbocycles. The number of fused-ring (bicyclic) bond motifs is 6. The molecule has 0 bridgehead atoms. The maximum absolute atomic E-state index is 11.4. The largest absolute Gasteiger partial charge is 0.510 e. The van der Waals surface area contributed by atoms with Crippen LogP contribution >= 0.6 is 0 Å². The first-order valence-electron chi connectivity index (χ1n) is 13.1. The third-order valence-corrected chi connectivity index (χ3v) is 10.6. The Morgan fingerprint density at radius 3 is 2.34 bits per heavy atom. The van der Waals surface area contributed by atoms with Crippen LogP contribution < -0.4 is 0 Å². The molecule has 1 saturated heterocycles. The van der Waals surface area contributed by atoms with Gasteiger partial charge in [-0.05, 0) is 68.1 Å². The zero-order valence-electron chi connectivity index (χ0n) is 20.5. The van der Waals surface area contributed by atoms with E-state index in [1.807, 2.05) is 0 Å². The Hall–Kier alpha value is -1.31. The molecule has 5 aliphatic rings. The van der Waals surface area contributed by atoms with Gasteiger partial charge in [-0.25, -0.2) is 0 Å². The third-order valence-electron chi connectivity index (χ3n) is 10.6. The lowest BCUT2D eigenvalue weighted by atomic mass is 9.44. The van der Waals surface area contributed by atoms with Crippen molar-refractivity contribution in [3.63, 3.8) is 0 Å². The highest BCUT2D eigenvalue weighted by Crippen LogP contribution is 2.71. The topological polar surface area (TPSA) is 62.5 Å². The van der Waals surface area contributed by atoms with E-state index in [9.17, 15) is 10.4 Å². The fraction of sp³-hybridized carbons (Fsp3) is 0.821. The van der Waals surface area contributed by atoms with E-state index in [4.69, 9.17) is 9.47 Å². The molecule has 5 atom stereocenters. The van der Waals surface area contributed by atoms with Crippen molar-refractivity contribution in [2.75, 3.05) is 13.2 Å². The Kier molecular flexibility index (Phi) is 5.34. The SMILES string of the molecule is CCCC1(CCC)C2=CCC3C(CC[C@@]4(C)C3CCC43OCCO3)[C@@]2(C)CC(C#N)=C1O. The highest BCUT2D eigenvalue weighted by molar-refractivity contribution is 5.46. The Bertz CT molecular complexity index is 870. The molecule has 0 aromatic rings. The predicted molar refractivity (Wildman–Crippen MR) is 125 cm³/mol. The van der Waals surface area contributed by atoms with E-state index < -0.39 is 0 Å². The Morgan fingerprint density at radius 2 is 1.72 bits per heavy atom. The Labute approximate surface area is 194 Å². The average molecular weight is 440 g/mol. The van der Waals surface area contributed by atoms with Gasteiger partial charge < -0.3 is 14.6 Å². The number of allylic oxidation sites excluding steroid dienone is 3. The van der Waals surface area contributed by atoms with Crippen molar-refractivity contribution in [1.82, 2.24) is 0 Å². The molecule has 32 heavy (non-hydrogen) atoms. The van der Waals surface area contributed by atoms with E-state index in [0.717, 1.165) is 64.6 Å². The average Bonchev–Trinajstić information content (AvgIpc) is 3.37. The summed E-state index contributed by atoms with van der Waals surface area (Å²) in [6.45, 7) is 10.7. The molecular formula is C28H41NO3. The van der Waals surface area contributed by atoms with Crippen molar-refractivity contribution in [2.45, 2.75) is 97.7 Å². The molecule has 0 amide bonds. The zero-order chi connectivity index (χ0) is 22.8. The first-order chi connectivity index (χ1) is 15.3. The molecule has 176 valence electrons. The maximum Gasteiger partial charge on any atom is 0.174 e. The molecule has 1 aliphatic heterocycles. The summed E-state index contributed by atoms with van der Waals surface area (Å²) in [5.74, 6) is 1.78. The lowest BCUT2D eigenvalue weighted by Crippen LogP contribution is -2.56. The van der Waals surface area contributed by atoms with E-state index in [-0.39, 0.29) is 22.0 Å². The van der Waals surface area contributed by atoms with Gasteiger partial charge in [0.2, 0.25) is 0 Å². The summed E-state index contributed by atoms with van der Waals surface area (Å²) >= 11 is 0. The van der Waals surface area contributed by atoms with Crippen LogP contribution in [0.3, 0.4) is 0 Å². The molecule has 0 radical (unpaired) electrons. The highest BCUT2D eigenvalue weighted by Gasteiger charge is 2.67. The molecule has 1 spiro atoms. The fourth-order valence-corrected chi connectivity index (χ4v) is 9.39. The minimum absolute atomic E-state index is 0.0426. The van der Waals surface area contributed by atoms with Crippen LogP contribution in [0.25, 0.3) is 0 Å². The lowest BCUT2D eigenvalue weighted by Gasteiger charge is -2.61. The summed E-state index contributed by atoms with van der Waals surface area (Å²) in [4.78, 5) is 0. The standard InChI is InChI=1S/C28H41NO3/c1-5-11-27(12-6-2)23-8-7-20-21(25(23,3)17-19(18-29)24(27)30)9-13-26(4)22(20)10-14-28(26)31-15-16-32-28/h8,20-22,30H,5-7,9-17H2,1-4H3/t20?,21?,22?,25-,26+/m1/s1. The van der Waals surface area contributed by atoms with Crippen molar-refractivity contribution in [3.8, 4) is 6.07 Å². The van der Waals surface area contributed by atoms with Crippen LogP contribution in [-0.2, 0) is 9.47 Å². The van der Waals surface area contributed by atoms with Gasteiger partial charge in [-0.15, -0.1) is 0 Å². The number of aliphatic hydroxyl groups is 1. The third kappa shape index (κ3) is 2.67. The normalized spacial score (nSPS) is 41.6. The van der Waals surface area contributed by atoms with Crippen molar-refractivity contribution < 1.29 is 14.6 Å². The number of hydrogen-bond donors (Lipinski definition) is 1. The quantitative estimate of drug-likeness (QED) is 0.487. The second-order valence-corrected chi connectivity index (χ2v) is 11.8. The predicted octanol–water partition coefficient (Wildman–Crippen LogP) is 6.83. The summed E-state index contributed by atoms with van der Waals surface area (Å²) in [5.41, 5.74) is 1.80. The van der Waals surface area contributed by atoms with Crippen molar-refractivity contribution >= 4 is 0 Å². The van der Waals surface area contributed by atoms with Crippen LogP contribution in [-0.4, -0.2) is 24.1 Å². The van der Waals surface area contributed by atoms with Gasteiger partial charge in [-0.1, -0.05) is 52.2 Å². The number of hydrogen-bond acceptors (Lipinski definition) is 4. The van der Waals surface area contributed by atoms with E-state index in [1.165, 1.54) is 12.0 Å². The lowest BCUT2D eigenvalue weighted by molar-refractivity contribution is -0.242. The van der Waals surface area contributed by atoms with Crippen molar-refractivity contribution in [3.05, 3.63) is 23.0 Å². The summed E-state index contributed by atoms with van der Waals surface area (Å²) in [6.07, 6.45) is 12.7. The highest BCUT2D eigenvalue weighted by atomic mass is 16.7. The number of rotatable bonds is 4. The molecule has 3 fully saturated rings. The molecule has 4 nitrogen and oxygen atoms in total. The minimum atomic E-state index is -0.371. The smallest absolute Gasteiger partial charge is 0.174 e. The maximum atomic E-state index is 11.4. The van der Waals surface area contributed by atoms with Gasteiger partial charge in [-0.2, -0.15) is 5.26 Å². The molecule has 0 aromatic heterocycles. The van der Waals surface area contributed by atoms with Crippen LogP contribution in [0.4, 0.5) is 0 Å². The van der Waals surface area contributed by atoms with Gasteiger partial charge in [-0.3, -0.25) is 0 Å². The fourth-order valence-electron chi connectivity index (χ4n) is 9.39. The molecule has 4 aliphatic carbocycles. The van der Waals surface area contributed by atoms with Crippen LogP contribution in [0.5, 0.6) is 0 Å². The summed E-state index contributed by atoms with van der Waals surface area (Å²) in [5, 5.41) is 21.4.